The maximum Gasteiger partial charge on any atom is 0.284 e. The lowest BCUT2D eigenvalue weighted by atomic mass is 10.2. The minimum atomic E-state index is -0.532. The highest BCUT2D eigenvalue weighted by molar-refractivity contribution is 6.09. The summed E-state index contributed by atoms with van der Waals surface area (Å²) >= 11 is 0. The molecule has 0 bridgehead atoms. The molecule has 3 rings (SSSR count). The number of hydrogen-bond donors (Lipinski definition) is 1. The summed E-state index contributed by atoms with van der Waals surface area (Å²) in [5, 5.41) is 11.9. The summed E-state index contributed by atoms with van der Waals surface area (Å²) in [6.07, 6.45) is 1.36. The third-order valence-corrected chi connectivity index (χ3v) is 3.82. The molecule has 1 amide bonds. The van der Waals surface area contributed by atoms with Gasteiger partial charge in [-0.1, -0.05) is 30.3 Å². The lowest BCUT2D eigenvalue weighted by Gasteiger charge is -2.08. The van der Waals surface area contributed by atoms with Crippen molar-refractivity contribution in [2.24, 2.45) is 0 Å². The van der Waals surface area contributed by atoms with Crippen LogP contribution in [0.4, 0.5) is 5.69 Å². The van der Waals surface area contributed by atoms with Gasteiger partial charge in [0.2, 0.25) is 0 Å². The van der Waals surface area contributed by atoms with E-state index in [1.807, 2.05) is 36.4 Å². The predicted molar refractivity (Wildman–Crippen MR) is 105 cm³/mol. The van der Waals surface area contributed by atoms with Crippen LogP contribution in [0.5, 0.6) is 11.7 Å². The van der Waals surface area contributed by atoms with Crippen molar-refractivity contribution in [3.63, 3.8) is 0 Å². The molecule has 2 aromatic carbocycles. The number of anilines is 1. The number of nitriles is 1. The van der Waals surface area contributed by atoms with Crippen LogP contribution in [-0.4, -0.2) is 13.0 Å². The monoisotopic (exact) mass is 374 g/mol. The van der Waals surface area contributed by atoms with E-state index < -0.39 is 5.91 Å². The number of amides is 1. The van der Waals surface area contributed by atoms with Gasteiger partial charge in [-0.15, -0.1) is 0 Å². The van der Waals surface area contributed by atoms with Crippen LogP contribution in [0.3, 0.4) is 0 Å². The number of nitrogens with zero attached hydrogens (tertiary/aromatic N) is 1. The zero-order chi connectivity index (χ0) is 19.8. The summed E-state index contributed by atoms with van der Waals surface area (Å²) < 4.78 is 15.9. The van der Waals surface area contributed by atoms with E-state index in [0.717, 1.165) is 5.56 Å². The fourth-order valence-electron chi connectivity index (χ4n) is 2.39. The molecule has 1 aromatic heterocycles. The van der Waals surface area contributed by atoms with Gasteiger partial charge < -0.3 is 19.2 Å². The van der Waals surface area contributed by atoms with Crippen molar-refractivity contribution in [3.05, 3.63) is 83.6 Å². The number of carbonyl (C=O) groups excluding carboxylic acids is 1. The number of rotatable bonds is 7. The minimum Gasteiger partial charge on any atom is -0.489 e. The van der Waals surface area contributed by atoms with Gasteiger partial charge in [-0.25, -0.2) is 0 Å². The van der Waals surface area contributed by atoms with E-state index in [0.29, 0.717) is 29.8 Å². The Hall–Kier alpha value is -3.98. The van der Waals surface area contributed by atoms with Crippen molar-refractivity contribution < 1.29 is 18.7 Å². The van der Waals surface area contributed by atoms with Crippen LogP contribution in [0.1, 0.15) is 11.3 Å². The standard InChI is InChI=1S/C22H18N2O4/c1-26-21-12-11-20(28-21)13-17(14-23)22(25)24-18-7-9-19(10-8-18)27-15-16-5-3-2-4-6-16/h2-13H,15H2,1H3,(H,24,25)/b17-13+. The molecular weight excluding hydrogens is 356 g/mol. The molecule has 0 aliphatic heterocycles. The van der Waals surface area contributed by atoms with Crippen LogP contribution in [0.25, 0.3) is 6.08 Å². The molecule has 0 atom stereocenters. The highest BCUT2D eigenvalue weighted by atomic mass is 16.6. The SMILES string of the molecule is COc1ccc(/C=C(\C#N)C(=O)Nc2ccc(OCc3ccccc3)cc2)o1. The molecule has 0 aliphatic carbocycles. The van der Waals surface area contributed by atoms with E-state index in [1.165, 1.54) is 13.2 Å². The van der Waals surface area contributed by atoms with Crippen molar-refractivity contribution in [3.8, 4) is 17.8 Å². The van der Waals surface area contributed by atoms with E-state index in [1.54, 1.807) is 36.4 Å². The van der Waals surface area contributed by atoms with Gasteiger partial charge in [-0.05, 0) is 35.9 Å². The maximum absolute atomic E-state index is 12.3. The molecule has 140 valence electrons. The number of ether oxygens (including phenoxy) is 2. The molecule has 0 saturated heterocycles. The lowest BCUT2D eigenvalue weighted by molar-refractivity contribution is -0.112. The molecule has 0 radical (unpaired) electrons. The number of nitrogens with one attached hydrogen (secondary N) is 1. The highest BCUT2D eigenvalue weighted by Gasteiger charge is 2.11. The molecule has 28 heavy (non-hydrogen) atoms. The van der Waals surface area contributed by atoms with Gasteiger partial charge in [0, 0.05) is 17.8 Å². The lowest BCUT2D eigenvalue weighted by Crippen LogP contribution is -2.13. The van der Waals surface area contributed by atoms with Crippen LogP contribution < -0.4 is 14.8 Å². The van der Waals surface area contributed by atoms with Gasteiger partial charge in [-0.2, -0.15) is 5.26 Å². The first-order valence-corrected chi connectivity index (χ1v) is 8.51. The Morgan fingerprint density at radius 1 is 1.11 bits per heavy atom. The first kappa shape index (κ1) is 18.8. The van der Waals surface area contributed by atoms with Gasteiger partial charge in [0.15, 0.2) is 0 Å². The zero-order valence-corrected chi connectivity index (χ0v) is 15.2. The average molecular weight is 374 g/mol. The van der Waals surface area contributed by atoms with E-state index in [-0.39, 0.29) is 5.57 Å². The fraction of sp³-hybridized carbons (Fsp3) is 0.0909. The first-order valence-electron chi connectivity index (χ1n) is 8.51. The summed E-state index contributed by atoms with van der Waals surface area (Å²) in [4.78, 5) is 12.3. The molecule has 6 nitrogen and oxygen atoms in total. The van der Waals surface area contributed by atoms with E-state index in [2.05, 4.69) is 5.32 Å². The molecule has 6 heteroatoms. The van der Waals surface area contributed by atoms with Crippen molar-refractivity contribution in [2.45, 2.75) is 6.61 Å². The fourth-order valence-corrected chi connectivity index (χ4v) is 2.39. The predicted octanol–water partition coefficient (Wildman–Crippen LogP) is 4.41. The average Bonchev–Trinajstić information content (AvgIpc) is 3.20. The Bertz CT molecular complexity index is 999. The Morgan fingerprint density at radius 2 is 1.86 bits per heavy atom. The van der Waals surface area contributed by atoms with Crippen LogP contribution in [-0.2, 0) is 11.4 Å². The van der Waals surface area contributed by atoms with Gasteiger partial charge in [0.25, 0.3) is 11.9 Å². The van der Waals surface area contributed by atoms with Gasteiger partial charge in [0.1, 0.15) is 29.8 Å². The number of carbonyl (C=O) groups is 1. The Balaban J connectivity index is 1.60. The summed E-state index contributed by atoms with van der Waals surface area (Å²) in [7, 11) is 1.47. The molecule has 0 spiro atoms. The second kappa shape index (κ2) is 9.10. The topological polar surface area (TPSA) is 84.5 Å². The summed E-state index contributed by atoms with van der Waals surface area (Å²) in [5.74, 6) is 0.805. The summed E-state index contributed by atoms with van der Waals surface area (Å²) in [6.45, 7) is 0.459. The Morgan fingerprint density at radius 3 is 2.50 bits per heavy atom. The summed E-state index contributed by atoms with van der Waals surface area (Å²) in [6, 6.07) is 21.9. The smallest absolute Gasteiger partial charge is 0.284 e. The quantitative estimate of drug-likeness (QED) is 0.489. The molecule has 0 fully saturated rings. The van der Waals surface area contributed by atoms with Crippen molar-refractivity contribution in [1.82, 2.24) is 0 Å². The molecule has 0 unspecified atom stereocenters. The largest absolute Gasteiger partial charge is 0.489 e. The van der Waals surface area contributed by atoms with Gasteiger partial charge in [-0.3, -0.25) is 4.79 Å². The van der Waals surface area contributed by atoms with Gasteiger partial charge in [0.05, 0.1) is 7.11 Å². The van der Waals surface area contributed by atoms with E-state index in [4.69, 9.17) is 13.9 Å². The number of benzene rings is 2. The number of furan rings is 1. The minimum absolute atomic E-state index is 0.0820. The van der Waals surface area contributed by atoms with Crippen molar-refractivity contribution in [1.29, 1.82) is 5.26 Å². The summed E-state index contributed by atoms with van der Waals surface area (Å²) in [5.41, 5.74) is 1.54. The maximum atomic E-state index is 12.3. The van der Waals surface area contributed by atoms with Crippen molar-refractivity contribution in [2.75, 3.05) is 12.4 Å². The highest BCUT2D eigenvalue weighted by Crippen LogP contribution is 2.20. The normalized spacial score (nSPS) is 10.8. The molecule has 0 aliphatic rings. The molecule has 3 aromatic rings. The second-order valence-corrected chi connectivity index (χ2v) is 5.78. The van der Waals surface area contributed by atoms with Crippen molar-refractivity contribution >= 4 is 17.7 Å². The zero-order valence-electron chi connectivity index (χ0n) is 15.2. The molecule has 1 heterocycles. The van der Waals surface area contributed by atoms with Crippen LogP contribution in [0, 0.1) is 11.3 Å². The number of methoxy groups -OCH3 is 1. The van der Waals surface area contributed by atoms with Gasteiger partial charge >= 0.3 is 0 Å². The Labute approximate surface area is 162 Å². The van der Waals surface area contributed by atoms with E-state index >= 15 is 0 Å². The molecule has 0 saturated carbocycles. The number of hydrogen-bond acceptors (Lipinski definition) is 5. The van der Waals surface area contributed by atoms with E-state index in [9.17, 15) is 10.1 Å². The third kappa shape index (κ3) is 5.02. The van der Waals surface area contributed by atoms with Crippen LogP contribution in [0.15, 0.2) is 76.7 Å². The third-order valence-electron chi connectivity index (χ3n) is 3.82. The van der Waals surface area contributed by atoms with Crippen LogP contribution >= 0.6 is 0 Å². The molecular formula is C22H18N2O4. The first-order chi connectivity index (χ1) is 13.7. The second-order valence-electron chi connectivity index (χ2n) is 5.78. The Kier molecular flexibility index (Phi) is 6.11. The van der Waals surface area contributed by atoms with Crippen LogP contribution in [0.2, 0.25) is 0 Å². The molecule has 1 N–H and O–H groups in total.